The van der Waals surface area contributed by atoms with E-state index in [2.05, 4.69) is 59.1 Å². The molecule has 0 unspecified atom stereocenters. The minimum Gasteiger partial charge on any atom is -0.481 e. The fraction of sp³-hybridized carbons (Fsp3) is 0.745. The predicted molar refractivity (Wildman–Crippen MR) is 217 cm³/mol. The highest BCUT2D eigenvalue weighted by Gasteiger charge is 2.71. The zero-order valence-electron chi connectivity index (χ0n) is 35.2. The number of carboxylic acid groups (broad SMARTS) is 1. The number of Topliss-reactive ketones (excluding diaryl/α,β-unsaturated/α-hetero) is 1. The molecule has 8 nitrogen and oxygen atoms in total. The second-order valence-corrected chi connectivity index (χ2v) is 22.2. The molecule has 0 heterocycles. The molecule has 306 valence electrons. The summed E-state index contributed by atoms with van der Waals surface area (Å²) in [6, 6.07) is 7.58. The number of esters is 1. The van der Waals surface area contributed by atoms with Gasteiger partial charge in [-0.2, -0.15) is 0 Å². The first kappa shape index (κ1) is 39.9. The number of benzene rings is 1. The molecule has 1 aromatic carbocycles. The molecule has 0 radical (unpaired) electrons. The normalized spacial score (nSPS) is 41.3. The van der Waals surface area contributed by atoms with Crippen molar-refractivity contribution in [1.82, 2.24) is 10.6 Å². The van der Waals surface area contributed by atoms with Crippen LogP contribution in [0.2, 0.25) is 5.02 Å². The summed E-state index contributed by atoms with van der Waals surface area (Å²) in [4.78, 5) is 53.6. The number of hydrogen-bond acceptors (Lipinski definition) is 5. The first-order valence-corrected chi connectivity index (χ1v) is 22.0. The molecule has 2 amide bonds. The van der Waals surface area contributed by atoms with Crippen LogP contribution in [-0.2, 0) is 24.7 Å². The molecular formula is C47H65ClN2O6. The van der Waals surface area contributed by atoms with Gasteiger partial charge in [0.15, 0.2) is 5.78 Å². The lowest BCUT2D eigenvalue weighted by molar-refractivity contribution is -0.235. The Kier molecular flexibility index (Phi) is 9.14. The number of halogens is 1. The maximum Gasteiger partial charge on any atom is 0.316 e. The van der Waals surface area contributed by atoms with Crippen molar-refractivity contribution in [2.75, 3.05) is 0 Å². The summed E-state index contributed by atoms with van der Waals surface area (Å²) in [5.41, 5.74) is 1.38. The minimum absolute atomic E-state index is 0.0321. The molecule has 8 rings (SSSR count). The highest BCUT2D eigenvalue weighted by atomic mass is 35.5. The van der Waals surface area contributed by atoms with Crippen LogP contribution in [0.4, 0.5) is 4.79 Å². The summed E-state index contributed by atoms with van der Waals surface area (Å²) in [5.74, 6) is -0.630. The minimum atomic E-state index is -0.833. The number of carbonyl (C=O) groups excluding carboxylic acids is 3. The van der Waals surface area contributed by atoms with Crippen molar-refractivity contribution in [3.63, 3.8) is 0 Å². The number of allylic oxidation sites excluding steroid dienone is 1. The van der Waals surface area contributed by atoms with Crippen LogP contribution in [0, 0.1) is 62.6 Å². The molecule has 7 aliphatic rings. The van der Waals surface area contributed by atoms with Crippen molar-refractivity contribution in [2.24, 2.45) is 62.6 Å². The Bertz CT molecular complexity index is 1880. The second kappa shape index (κ2) is 12.8. The van der Waals surface area contributed by atoms with Crippen LogP contribution in [0.3, 0.4) is 0 Å². The Labute approximate surface area is 339 Å². The highest BCUT2D eigenvalue weighted by molar-refractivity contribution is 6.30. The molecule has 0 saturated heterocycles. The number of ether oxygens (including phenoxy) is 1. The maximum absolute atomic E-state index is 14.1. The lowest BCUT2D eigenvalue weighted by Crippen LogP contribution is -2.67. The third kappa shape index (κ3) is 5.55. The van der Waals surface area contributed by atoms with Crippen LogP contribution in [0.25, 0.3) is 0 Å². The van der Waals surface area contributed by atoms with E-state index in [9.17, 15) is 24.3 Å². The third-order valence-corrected chi connectivity index (χ3v) is 18.6. The average Bonchev–Trinajstić information content (AvgIpc) is 3.80. The van der Waals surface area contributed by atoms with Gasteiger partial charge in [-0.3, -0.25) is 14.4 Å². The van der Waals surface area contributed by atoms with Gasteiger partial charge in [0.1, 0.15) is 6.10 Å². The Balaban J connectivity index is 1.04. The number of carboxylic acids is 1. The van der Waals surface area contributed by atoms with Crippen LogP contribution in [-0.4, -0.2) is 40.5 Å². The highest BCUT2D eigenvalue weighted by Crippen LogP contribution is 2.76. The fourth-order valence-electron chi connectivity index (χ4n) is 14.8. The van der Waals surface area contributed by atoms with Crippen molar-refractivity contribution in [1.29, 1.82) is 0 Å². The summed E-state index contributed by atoms with van der Waals surface area (Å²) in [6.07, 6.45) is 9.95. The molecule has 0 aliphatic heterocycles. The Morgan fingerprint density at radius 2 is 1.41 bits per heavy atom. The number of aliphatic carboxylic acids is 1. The molecule has 6 saturated carbocycles. The van der Waals surface area contributed by atoms with Gasteiger partial charge in [-0.1, -0.05) is 86.0 Å². The smallest absolute Gasteiger partial charge is 0.316 e. The van der Waals surface area contributed by atoms with E-state index in [0.29, 0.717) is 29.7 Å². The lowest BCUT2D eigenvalue weighted by atomic mass is 9.33. The summed E-state index contributed by atoms with van der Waals surface area (Å²) in [5, 5.41) is 17.2. The van der Waals surface area contributed by atoms with Gasteiger partial charge in [0.2, 0.25) is 0 Å². The summed E-state index contributed by atoms with van der Waals surface area (Å²) < 4.78 is 6.42. The molecule has 6 fully saturated rings. The zero-order chi connectivity index (χ0) is 40.6. The van der Waals surface area contributed by atoms with E-state index in [0.717, 1.165) is 75.3 Å². The quantitative estimate of drug-likeness (QED) is 0.237. The molecule has 1 aromatic rings. The van der Waals surface area contributed by atoms with Crippen LogP contribution in [0.1, 0.15) is 145 Å². The number of nitrogens with one attached hydrogen (secondary N) is 2. The topological polar surface area (TPSA) is 122 Å². The van der Waals surface area contributed by atoms with Crippen LogP contribution in [0.15, 0.2) is 35.4 Å². The molecule has 0 bridgehead atoms. The lowest BCUT2D eigenvalue weighted by Gasteiger charge is -2.72. The molecule has 0 aromatic heterocycles. The second-order valence-electron chi connectivity index (χ2n) is 21.7. The van der Waals surface area contributed by atoms with Crippen molar-refractivity contribution in [3.05, 3.63) is 46.0 Å². The number of amides is 2. The molecule has 10 atom stereocenters. The molecule has 3 N–H and O–H groups in total. The first-order chi connectivity index (χ1) is 26.1. The van der Waals surface area contributed by atoms with Gasteiger partial charge >= 0.3 is 18.0 Å². The SMILES string of the molecule is CC(C)C1=C2[C@H]3CC[C@@H]4[C@@]5(C)CC[C@H](OC(=O)[C@H]6C[C@@H](C(=O)O)C6(C)C)C(C)(C)[C@@H]5CC[C@@]4(C)[C@]3(C)CC[C@@]2(NC(=O)NC2(c3ccc(Cl)cc3)CC2)CC1=O. The van der Waals surface area contributed by atoms with Gasteiger partial charge in [-0.15, -0.1) is 0 Å². The van der Waals surface area contributed by atoms with Gasteiger partial charge in [0, 0.05) is 16.9 Å². The Hall–Kier alpha value is -2.87. The van der Waals surface area contributed by atoms with Gasteiger partial charge < -0.3 is 20.5 Å². The van der Waals surface area contributed by atoms with E-state index in [1.165, 1.54) is 5.57 Å². The maximum atomic E-state index is 14.1. The van der Waals surface area contributed by atoms with E-state index >= 15 is 0 Å². The van der Waals surface area contributed by atoms with Crippen molar-refractivity contribution < 1.29 is 29.0 Å². The van der Waals surface area contributed by atoms with E-state index in [-0.39, 0.29) is 63.3 Å². The van der Waals surface area contributed by atoms with Gasteiger partial charge in [0.25, 0.3) is 0 Å². The molecular weight excluding hydrogens is 724 g/mol. The summed E-state index contributed by atoms with van der Waals surface area (Å²) in [7, 11) is 0. The number of carbonyl (C=O) groups is 4. The number of hydrogen-bond donors (Lipinski definition) is 3. The van der Waals surface area contributed by atoms with Gasteiger partial charge in [0.05, 0.1) is 22.9 Å². The van der Waals surface area contributed by atoms with Gasteiger partial charge in [-0.05, 0) is 145 Å². The number of urea groups is 1. The van der Waals surface area contributed by atoms with E-state index in [4.69, 9.17) is 16.3 Å². The average molecular weight is 789 g/mol. The van der Waals surface area contributed by atoms with Crippen molar-refractivity contribution in [3.8, 4) is 0 Å². The predicted octanol–water partition coefficient (Wildman–Crippen LogP) is 10.0. The third-order valence-electron chi connectivity index (χ3n) is 18.3. The van der Waals surface area contributed by atoms with E-state index in [1.54, 1.807) is 0 Å². The van der Waals surface area contributed by atoms with Crippen LogP contribution < -0.4 is 10.6 Å². The Morgan fingerprint density at radius 3 is 2.02 bits per heavy atom. The first-order valence-electron chi connectivity index (χ1n) is 21.6. The fourth-order valence-corrected chi connectivity index (χ4v) is 14.9. The molecule has 7 aliphatic carbocycles. The monoisotopic (exact) mass is 788 g/mol. The Morgan fingerprint density at radius 1 is 0.768 bits per heavy atom. The zero-order valence-corrected chi connectivity index (χ0v) is 36.0. The van der Waals surface area contributed by atoms with Crippen molar-refractivity contribution >= 4 is 35.4 Å². The summed E-state index contributed by atoms with van der Waals surface area (Å²) >= 11 is 6.19. The summed E-state index contributed by atoms with van der Waals surface area (Å²) in [6.45, 7) is 20.3. The molecule has 0 spiro atoms. The molecule has 56 heavy (non-hydrogen) atoms. The molecule has 9 heteroatoms. The van der Waals surface area contributed by atoms with Crippen LogP contribution in [0.5, 0.6) is 0 Å². The largest absolute Gasteiger partial charge is 0.481 e. The number of rotatable bonds is 7. The standard InChI is InChI=1S/C47H65ClN2O6/c1-26(2)36-32(51)25-47(50-40(55)49-46(22-23-46)27-10-12-28(48)13-11-27)21-20-44(8)29(37(36)47)14-15-34-43(7)18-17-35(42(5,6)33(43)16-19-45(34,44)9)56-39(54)31-24-30(38(52)53)41(31,3)4/h10-13,26,29-31,33-35H,14-25H2,1-9H3,(H,52,53)(H2,49,50,55)/t29-,30+,31-,33+,34-,35+,43+,44-,45-,47-/m1/s1. The van der Waals surface area contributed by atoms with Gasteiger partial charge in [-0.25, -0.2) is 4.79 Å². The van der Waals surface area contributed by atoms with Crippen LogP contribution >= 0.6 is 11.6 Å². The van der Waals surface area contributed by atoms with E-state index in [1.807, 2.05) is 38.1 Å². The number of ketones is 1. The van der Waals surface area contributed by atoms with E-state index < -0.39 is 28.4 Å². The van der Waals surface area contributed by atoms with Crippen molar-refractivity contribution in [2.45, 2.75) is 157 Å². The number of fused-ring (bicyclic) bond motifs is 7.